The summed E-state index contributed by atoms with van der Waals surface area (Å²) < 4.78 is 0. The number of carboxylic acid groups (broad SMARTS) is 4. The highest BCUT2D eigenvalue weighted by Gasteiger charge is 2.18. The van der Waals surface area contributed by atoms with E-state index in [9.17, 15) is 19.2 Å². The fourth-order valence-corrected chi connectivity index (χ4v) is 3.76. The second-order valence-corrected chi connectivity index (χ2v) is 8.35. The summed E-state index contributed by atoms with van der Waals surface area (Å²) in [6, 6.07) is 21.3. The Morgan fingerprint density at radius 2 is 1.20 bits per heavy atom. The first-order valence-electron chi connectivity index (χ1n) is 12.3. The van der Waals surface area contributed by atoms with Crippen molar-refractivity contribution in [2.24, 2.45) is 0 Å². The Morgan fingerprint density at radius 1 is 0.725 bits per heavy atom. The minimum absolute atomic E-state index is 0.558. The number of hydrogen-bond acceptors (Lipinski definition) is 7. The number of piperazine rings is 1. The molecule has 1 aromatic heterocycles. The molecule has 0 saturated carbocycles. The van der Waals surface area contributed by atoms with Crippen molar-refractivity contribution in [1.29, 1.82) is 0 Å². The number of pyridine rings is 1. The van der Waals surface area contributed by atoms with Gasteiger partial charge in [-0.05, 0) is 29.8 Å². The van der Waals surface area contributed by atoms with Crippen molar-refractivity contribution in [2.75, 3.05) is 37.6 Å². The molecule has 3 aromatic rings. The van der Waals surface area contributed by atoms with Crippen LogP contribution < -0.4 is 4.90 Å². The van der Waals surface area contributed by atoms with E-state index in [0.717, 1.165) is 44.1 Å². The number of aromatic nitrogens is 1. The molecule has 0 amide bonds. The maximum atomic E-state index is 9.55. The number of carboxylic acids is 4. The second kappa shape index (κ2) is 16.0. The summed E-state index contributed by atoms with van der Waals surface area (Å²) in [6.07, 6.45) is 2.23. The molecule has 1 saturated heterocycles. The van der Waals surface area contributed by atoms with Gasteiger partial charge in [-0.25, -0.2) is 24.2 Å². The van der Waals surface area contributed by atoms with Gasteiger partial charge in [0.15, 0.2) is 0 Å². The molecule has 40 heavy (non-hydrogen) atoms. The van der Waals surface area contributed by atoms with Gasteiger partial charge < -0.3 is 30.2 Å². The van der Waals surface area contributed by atoms with Crippen LogP contribution in [0.25, 0.3) is 22.0 Å². The number of rotatable bonds is 7. The van der Waals surface area contributed by atoms with Crippen molar-refractivity contribution >= 4 is 40.6 Å². The summed E-state index contributed by atoms with van der Waals surface area (Å²) in [5.74, 6) is -3.93. The zero-order chi connectivity index (χ0) is 29.5. The van der Waals surface area contributed by atoms with Gasteiger partial charge in [-0.15, -0.1) is 0 Å². The van der Waals surface area contributed by atoms with Gasteiger partial charge in [0, 0.05) is 55.9 Å². The summed E-state index contributed by atoms with van der Waals surface area (Å²) in [5.41, 5.74) is 3.60. The van der Waals surface area contributed by atoms with Gasteiger partial charge in [-0.3, -0.25) is 0 Å². The fourth-order valence-electron chi connectivity index (χ4n) is 3.76. The van der Waals surface area contributed by atoms with Crippen molar-refractivity contribution in [3.8, 4) is 11.1 Å². The Kier molecular flexibility index (Phi) is 12.5. The van der Waals surface area contributed by atoms with Gasteiger partial charge in [0.25, 0.3) is 0 Å². The van der Waals surface area contributed by atoms with E-state index in [0.29, 0.717) is 24.3 Å². The largest absolute Gasteiger partial charge is 0.478 e. The van der Waals surface area contributed by atoms with Gasteiger partial charge in [0.2, 0.25) is 0 Å². The molecule has 210 valence electrons. The van der Waals surface area contributed by atoms with Crippen LogP contribution in [0.5, 0.6) is 0 Å². The van der Waals surface area contributed by atoms with E-state index in [1.165, 1.54) is 16.5 Å². The predicted octanol–water partition coefficient (Wildman–Crippen LogP) is 3.47. The first kappa shape index (κ1) is 31.2. The van der Waals surface area contributed by atoms with Gasteiger partial charge in [-0.1, -0.05) is 55.5 Å². The minimum Gasteiger partial charge on any atom is -0.478 e. The highest BCUT2D eigenvalue weighted by molar-refractivity contribution is 5.96. The molecule has 1 fully saturated rings. The van der Waals surface area contributed by atoms with E-state index in [2.05, 4.69) is 77.4 Å². The lowest BCUT2D eigenvalue weighted by Gasteiger charge is -2.35. The van der Waals surface area contributed by atoms with Crippen molar-refractivity contribution < 1.29 is 39.6 Å². The number of anilines is 1. The minimum atomic E-state index is -1.26. The molecule has 0 radical (unpaired) electrons. The Hall–Kier alpha value is -5.03. The SMILES string of the molecule is CCN1CCN(c2cc(-c3ccccc3)c3ccccc3n2)CC1.O=C(O)/C=C/C(=O)O.O=C(O)/C=C/C(=O)O. The molecular formula is C29H31N3O8. The Labute approximate surface area is 230 Å². The molecule has 1 aliphatic rings. The van der Waals surface area contributed by atoms with Crippen LogP contribution >= 0.6 is 0 Å². The third-order valence-electron chi connectivity index (χ3n) is 5.67. The monoisotopic (exact) mass is 549 g/mol. The van der Waals surface area contributed by atoms with Crippen LogP contribution in [0.15, 0.2) is 85.0 Å². The molecule has 2 heterocycles. The molecule has 11 nitrogen and oxygen atoms in total. The molecule has 11 heteroatoms. The summed E-state index contributed by atoms with van der Waals surface area (Å²) in [6.45, 7) is 7.70. The smallest absolute Gasteiger partial charge is 0.328 e. The van der Waals surface area contributed by atoms with Crippen molar-refractivity contribution in [1.82, 2.24) is 9.88 Å². The zero-order valence-electron chi connectivity index (χ0n) is 21.9. The fraction of sp³-hybridized carbons (Fsp3) is 0.207. The number of fused-ring (bicyclic) bond motifs is 1. The topological polar surface area (TPSA) is 169 Å². The Bertz CT molecular complexity index is 1300. The lowest BCUT2D eigenvalue weighted by atomic mass is 10.0. The van der Waals surface area contributed by atoms with Crippen LogP contribution in [-0.4, -0.2) is 86.9 Å². The molecule has 1 aliphatic heterocycles. The zero-order valence-corrected chi connectivity index (χ0v) is 21.9. The number of aliphatic carboxylic acids is 4. The quantitative estimate of drug-likeness (QED) is 0.318. The summed E-state index contributed by atoms with van der Waals surface area (Å²) in [5, 5.41) is 32.5. The van der Waals surface area contributed by atoms with E-state index in [1.54, 1.807) is 0 Å². The summed E-state index contributed by atoms with van der Waals surface area (Å²) in [7, 11) is 0. The molecule has 0 bridgehead atoms. The Morgan fingerprint density at radius 3 is 1.68 bits per heavy atom. The Balaban J connectivity index is 0.000000290. The normalized spacial score (nSPS) is 13.3. The lowest BCUT2D eigenvalue weighted by molar-refractivity contribution is -0.134. The van der Waals surface area contributed by atoms with Crippen molar-refractivity contribution in [3.63, 3.8) is 0 Å². The van der Waals surface area contributed by atoms with Crippen LogP contribution in [0, 0.1) is 0 Å². The number of benzene rings is 2. The van der Waals surface area contributed by atoms with Crippen LogP contribution in [0.3, 0.4) is 0 Å². The van der Waals surface area contributed by atoms with Crippen LogP contribution in [0.1, 0.15) is 6.92 Å². The first-order chi connectivity index (χ1) is 19.1. The molecular weight excluding hydrogens is 518 g/mol. The van der Waals surface area contributed by atoms with E-state index < -0.39 is 23.9 Å². The number of para-hydroxylation sites is 1. The standard InChI is InChI=1S/C21H23N3.2C4H4O4/c1-2-23-12-14-24(15-13-23)21-16-19(17-8-4-3-5-9-17)18-10-6-7-11-20(18)22-21;2*5-3(6)1-2-4(7)8/h3-11,16H,2,12-15H2,1H3;2*1-2H,(H,5,6)(H,7,8)/b;2*2-1+. The average Bonchev–Trinajstić information content (AvgIpc) is 2.95. The molecule has 0 spiro atoms. The van der Waals surface area contributed by atoms with E-state index in [1.807, 2.05) is 0 Å². The summed E-state index contributed by atoms with van der Waals surface area (Å²) in [4.78, 5) is 48.1. The maximum absolute atomic E-state index is 9.55. The third kappa shape index (κ3) is 10.8. The number of nitrogens with zero attached hydrogens (tertiary/aromatic N) is 3. The lowest BCUT2D eigenvalue weighted by Crippen LogP contribution is -2.46. The first-order valence-corrected chi connectivity index (χ1v) is 12.3. The van der Waals surface area contributed by atoms with Crippen molar-refractivity contribution in [2.45, 2.75) is 6.92 Å². The van der Waals surface area contributed by atoms with Crippen molar-refractivity contribution in [3.05, 3.63) is 85.0 Å². The van der Waals surface area contributed by atoms with Crippen LogP contribution in [0.4, 0.5) is 5.82 Å². The van der Waals surface area contributed by atoms with Gasteiger partial charge >= 0.3 is 23.9 Å². The number of carbonyl (C=O) groups is 4. The second-order valence-electron chi connectivity index (χ2n) is 8.35. The average molecular weight is 550 g/mol. The van der Waals surface area contributed by atoms with E-state index >= 15 is 0 Å². The third-order valence-corrected chi connectivity index (χ3v) is 5.67. The highest BCUT2D eigenvalue weighted by Crippen LogP contribution is 2.31. The summed E-state index contributed by atoms with van der Waals surface area (Å²) >= 11 is 0. The van der Waals surface area contributed by atoms with E-state index in [-0.39, 0.29) is 0 Å². The van der Waals surface area contributed by atoms with Crippen LogP contribution in [-0.2, 0) is 19.2 Å². The van der Waals surface area contributed by atoms with Gasteiger partial charge in [0.1, 0.15) is 5.82 Å². The molecule has 0 unspecified atom stereocenters. The van der Waals surface area contributed by atoms with Gasteiger partial charge in [-0.2, -0.15) is 0 Å². The molecule has 0 atom stereocenters. The predicted molar refractivity (Wildman–Crippen MR) is 150 cm³/mol. The molecule has 0 aliphatic carbocycles. The molecule has 4 rings (SSSR count). The van der Waals surface area contributed by atoms with Gasteiger partial charge in [0.05, 0.1) is 5.52 Å². The van der Waals surface area contributed by atoms with Crippen LogP contribution in [0.2, 0.25) is 0 Å². The highest BCUT2D eigenvalue weighted by atomic mass is 16.4. The number of hydrogen-bond donors (Lipinski definition) is 4. The maximum Gasteiger partial charge on any atom is 0.328 e. The molecule has 2 aromatic carbocycles. The molecule has 4 N–H and O–H groups in total. The van der Waals surface area contributed by atoms with E-state index in [4.69, 9.17) is 25.4 Å². The number of likely N-dealkylation sites (N-methyl/N-ethyl adjacent to an activating group) is 1.